The van der Waals surface area contributed by atoms with Crippen molar-refractivity contribution in [3.8, 4) is 0 Å². The van der Waals surface area contributed by atoms with E-state index in [4.69, 9.17) is 5.11 Å². The molecule has 2 fully saturated rings. The zero-order chi connectivity index (χ0) is 57.7. The molecule has 6 aromatic rings. The highest BCUT2D eigenvalue weighted by Crippen LogP contribution is 2.34. The van der Waals surface area contributed by atoms with Crippen LogP contribution in [0, 0.1) is 0 Å². The number of amides is 5. The number of hydrogen-bond acceptors (Lipinski definition) is 10. The Balaban J connectivity index is 0.000000212. The number of piperazine rings is 2. The average molecular weight is 1140 g/mol. The number of rotatable bonds is 11. The second-order valence-corrected chi connectivity index (χ2v) is 21.4. The Morgan fingerprint density at radius 2 is 0.759 bits per heavy atom. The number of nitrogens with one attached hydrogen (secondary N) is 1. The molecule has 0 bridgehead atoms. The summed E-state index contributed by atoms with van der Waals surface area (Å²) in [5.41, 5.74) is -2.51. The van der Waals surface area contributed by atoms with Crippen molar-refractivity contribution in [2.24, 2.45) is 0 Å². The molecule has 8 rings (SSSR count). The van der Waals surface area contributed by atoms with Crippen LogP contribution >= 0.6 is 0 Å². The van der Waals surface area contributed by atoms with Gasteiger partial charge in [0.1, 0.15) is 0 Å². The maximum absolute atomic E-state index is 13.3. The van der Waals surface area contributed by atoms with Crippen molar-refractivity contribution < 1.29 is 77.1 Å². The van der Waals surface area contributed by atoms with Crippen LogP contribution in [0.15, 0.2) is 177 Å². The normalized spacial score (nSPS) is 13.9. The van der Waals surface area contributed by atoms with Gasteiger partial charge in [0.05, 0.1) is 53.9 Å². The molecule has 6 aromatic carbocycles. The van der Waals surface area contributed by atoms with E-state index in [1.54, 1.807) is 48.2 Å². The first-order valence-electron chi connectivity index (χ1n) is 24.1. The lowest BCUT2D eigenvalue weighted by Crippen LogP contribution is -2.52. The summed E-state index contributed by atoms with van der Waals surface area (Å²) in [6, 6.07) is 35.7. The molecule has 2 N–H and O–H groups in total. The van der Waals surface area contributed by atoms with Crippen LogP contribution in [0.25, 0.3) is 0 Å². The maximum Gasteiger partial charge on any atom is 0.417 e. The zero-order valence-electron chi connectivity index (χ0n) is 42.0. The topological polar surface area (TPSA) is 216 Å². The highest BCUT2D eigenvalue weighted by atomic mass is 32.2. The molecule has 16 nitrogen and oxygen atoms in total. The first-order valence-corrected chi connectivity index (χ1v) is 27.1. The Bertz CT molecular complexity index is 3370. The molecule has 5 amide bonds. The number of nitrogens with zero attached hydrogens (tertiary/aromatic N) is 4. The number of carboxylic acid groups (broad SMARTS) is 1. The minimum atomic E-state index is -4.67. The summed E-state index contributed by atoms with van der Waals surface area (Å²) in [7, 11) is -7.31. The van der Waals surface area contributed by atoms with E-state index in [2.05, 4.69) is 5.32 Å². The predicted octanol–water partition coefficient (Wildman–Crippen LogP) is 7.87. The summed E-state index contributed by atoms with van der Waals surface area (Å²) < 4.78 is 128. The lowest BCUT2D eigenvalue weighted by molar-refractivity contribution is -0.138. The number of halogens is 6. The molecule has 0 saturated carbocycles. The van der Waals surface area contributed by atoms with Crippen LogP contribution in [0.5, 0.6) is 0 Å². The second kappa shape index (κ2) is 25.8. The third kappa shape index (κ3) is 15.2. The fourth-order valence-corrected chi connectivity index (χ4v) is 10.7. The molecular weight excluding hydrogens is 1080 g/mol. The van der Waals surface area contributed by atoms with Crippen molar-refractivity contribution >= 4 is 55.2 Å². The molecule has 2 aliphatic rings. The van der Waals surface area contributed by atoms with E-state index >= 15 is 0 Å². The Morgan fingerprint density at radius 3 is 1.11 bits per heavy atom. The Hall–Kier alpha value is -8.38. The molecule has 24 heteroatoms. The first kappa shape index (κ1) is 59.9. The molecule has 2 aliphatic heterocycles. The maximum atomic E-state index is 13.3. The Morgan fingerprint density at radius 1 is 0.443 bits per heavy atom. The number of benzene rings is 6. The van der Waals surface area contributed by atoms with Crippen molar-refractivity contribution in [3.05, 3.63) is 191 Å². The van der Waals surface area contributed by atoms with Crippen LogP contribution < -0.4 is 5.32 Å². The van der Waals surface area contributed by atoms with E-state index in [0.29, 0.717) is 19.5 Å². The van der Waals surface area contributed by atoms with Gasteiger partial charge in [-0.15, -0.1) is 0 Å². The molecule has 2 heterocycles. The fourth-order valence-electron chi connectivity index (χ4n) is 8.12. The minimum Gasteiger partial charge on any atom is -0.478 e. The van der Waals surface area contributed by atoms with Gasteiger partial charge < -0.3 is 30.0 Å². The van der Waals surface area contributed by atoms with E-state index < -0.39 is 78.3 Å². The van der Waals surface area contributed by atoms with Gasteiger partial charge in [-0.3, -0.25) is 24.0 Å². The number of carbonyl (C=O) groups excluding carboxylic acids is 5. The second-order valence-electron chi connectivity index (χ2n) is 17.5. The molecule has 0 spiro atoms. The third-order valence-corrected chi connectivity index (χ3v) is 16.0. The SMILES string of the molecule is CCC(=O)N1CCN(C(=O)c2ccccc2C(F)(F)F)CC1.O=C(NCC(=O)N1CCN(C(=O)c2ccccc2C(F)(F)F)CC1)c1ccc(S(=O)(=O)c2ccccc2)cc1.O=C(O)c1ccc(S(=O)(=O)c2ccccc2)cc1. The molecule has 416 valence electrons. The number of sulfone groups is 2. The summed E-state index contributed by atoms with van der Waals surface area (Å²) >= 11 is 0. The standard InChI is InChI=1S/C27H24F3N3O5S.C15H17F3N2O2.C13H10O4S/c28-27(29,30)23-9-5-4-8-22(23)26(36)33-16-14-32(15-17-33)24(34)18-31-25(35)19-10-12-21(13-11-19)39(37,38)20-6-2-1-3-7-20;1-2-13(21)19-7-9-20(10-8-19)14(22)11-5-3-4-6-12(11)15(16,17)18;14-13(15)10-6-8-12(9-7-10)18(16,17)11-4-2-1-3-5-11/h1-13H,14-18H2,(H,31,35);3-6H,2,7-10H2,1H3;1-9H,(H,14,15). The van der Waals surface area contributed by atoms with Crippen LogP contribution in [-0.4, -0.2) is 136 Å². The van der Waals surface area contributed by atoms with Gasteiger partial charge in [0.2, 0.25) is 31.5 Å². The van der Waals surface area contributed by atoms with E-state index in [1.165, 1.54) is 118 Å². The summed E-state index contributed by atoms with van der Waals surface area (Å²) in [4.78, 5) is 78.5. The highest BCUT2D eigenvalue weighted by molar-refractivity contribution is 7.91. The van der Waals surface area contributed by atoms with Crippen LogP contribution in [0.2, 0.25) is 0 Å². The highest BCUT2D eigenvalue weighted by Gasteiger charge is 2.38. The van der Waals surface area contributed by atoms with Gasteiger partial charge >= 0.3 is 18.3 Å². The number of hydrogen-bond donors (Lipinski definition) is 2. The first-order chi connectivity index (χ1) is 37.3. The summed E-state index contributed by atoms with van der Waals surface area (Å²) in [6.45, 7) is 2.89. The molecule has 2 saturated heterocycles. The Labute approximate surface area is 450 Å². The molecule has 0 atom stereocenters. The number of carboxylic acids is 1. The molecule has 0 unspecified atom stereocenters. The van der Waals surface area contributed by atoms with Crippen LogP contribution in [0.3, 0.4) is 0 Å². The van der Waals surface area contributed by atoms with Gasteiger partial charge in [0.25, 0.3) is 17.7 Å². The smallest absolute Gasteiger partial charge is 0.417 e. The largest absolute Gasteiger partial charge is 0.478 e. The van der Waals surface area contributed by atoms with Crippen LogP contribution in [-0.2, 0) is 41.6 Å². The predicted molar refractivity (Wildman–Crippen MR) is 274 cm³/mol. The summed E-state index contributed by atoms with van der Waals surface area (Å²) in [5.74, 6) is -3.50. The van der Waals surface area contributed by atoms with E-state index in [9.17, 15) is 71.9 Å². The van der Waals surface area contributed by atoms with Crippen LogP contribution in [0.1, 0.15) is 65.9 Å². The fraction of sp³-hybridized carbons (Fsp3) is 0.236. The van der Waals surface area contributed by atoms with Crippen molar-refractivity contribution in [3.63, 3.8) is 0 Å². The minimum absolute atomic E-state index is 0.0113. The zero-order valence-corrected chi connectivity index (χ0v) is 43.6. The lowest BCUT2D eigenvalue weighted by Gasteiger charge is -2.35. The third-order valence-electron chi connectivity index (χ3n) is 12.4. The quantitative estimate of drug-likeness (QED) is 0.119. The van der Waals surface area contributed by atoms with Gasteiger partial charge in [-0.2, -0.15) is 26.3 Å². The average Bonchev–Trinajstić information content (AvgIpc) is 3.48. The summed E-state index contributed by atoms with van der Waals surface area (Å²) in [6.07, 6.45) is -8.85. The van der Waals surface area contributed by atoms with Crippen molar-refractivity contribution in [1.82, 2.24) is 24.9 Å². The van der Waals surface area contributed by atoms with Gasteiger partial charge in [0.15, 0.2) is 0 Å². The summed E-state index contributed by atoms with van der Waals surface area (Å²) in [5, 5.41) is 11.2. The van der Waals surface area contributed by atoms with E-state index in [0.717, 1.165) is 18.2 Å². The van der Waals surface area contributed by atoms with Crippen LogP contribution in [0.4, 0.5) is 26.3 Å². The monoisotopic (exact) mass is 1140 g/mol. The van der Waals surface area contributed by atoms with Crippen molar-refractivity contribution in [2.75, 3.05) is 58.9 Å². The van der Waals surface area contributed by atoms with E-state index in [1.807, 2.05) is 0 Å². The molecule has 0 aliphatic carbocycles. The van der Waals surface area contributed by atoms with Gasteiger partial charge in [-0.25, -0.2) is 21.6 Å². The number of aromatic carboxylic acids is 1. The number of carbonyl (C=O) groups is 6. The molecule has 79 heavy (non-hydrogen) atoms. The Kier molecular flexibility index (Phi) is 19.6. The van der Waals surface area contributed by atoms with E-state index in [-0.39, 0.29) is 88.0 Å². The van der Waals surface area contributed by atoms with Gasteiger partial charge in [-0.05, 0) is 97.1 Å². The van der Waals surface area contributed by atoms with Crippen molar-refractivity contribution in [2.45, 2.75) is 45.3 Å². The number of alkyl halides is 6. The molecular formula is C55H51F6N5O11S2. The molecule has 0 aromatic heterocycles. The van der Waals surface area contributed by atoms with Gasteiger partial charge in [-0.1, -0.05) is 67.6 Å². The lowest BCUT2D eigenvalue weighted by atomic mass is 10.1. The van der Waals surface area contributed by atoms with Gasteiger partial charge in [0, 0.05) is 64.3 Å². The molecule has 0 radical (unpaired) electrons. The van der Waals surface area contributed by atoms with Crippen molar-refractivity contribution in [1.29, 1.82) is 0 Å².